The third kappa shape index (κ3) is 12.7. The largest absolute Gasteiger partial charge is 0.478 e. The van der Waals surface area contributed by atoms with Crippen LogP contribution in [0.2, 0.25) is 0 Å². The Labute approximate surface area is 154 Å². The van der Waals surface area contributed by atoms with Gasteiger partial charge in [0.2, 0.25) is 0 Å². The Morgan fingerprint density at radius 1 is 0.615 bits per heavy atom. The summed E-state index contributed by atoms with van der Waals surface area (Å²) in [6, 6.07) is 16.6. The minimum absolute atomic E-state index is 0.331. The molecular weight excluding hydrogens is 332 g/mol. The summed E-state index contributed by atoms with van der Waals surface area (Å²) < 4.78 is 0. The highest BCUT2D eigenvalue weighted by Crippen LogP contribution is 1.97. The van der Waals surface area contributed by atoms with Gasteiger partial charge in [-0.2, -0.15) is 0 Å². The molecule has 2 rings (SSSR count). The van der Waals surface area contributed by atoms with E-state index in [9.17, 15) is 9.59 Å². The molecule has 0 aliphatic rings. The van der Waals surface area contributed by atoms with E-state index in [0.29, 0.717) is 11.1 Å². The van der Waals surface area contributed by atoms with Gasteiger partial charge in [-0.25, -0.2) is 9.59 Å². The van der Waals surface area contributed by atoms with E-state index in [4.69, 9.17) is 21.7 Å². The number of unbranched alkanes of at least 4 members (excludes halogenated alkanes) is 3. The Morgan fingerprint density at radius 3 is 1.12 bits per heavy atom. The SMILES string of the molecule is NCCCCCCN.O=C(O)c1ccccc1.O=C(O)c1ccccc1. The zero-order valence-electron chi connectivity index (χ0n) is 14.9. The molecule has 0 aromatic heterocycles. The van der Waals surface area contributed by atoms with E-state index in [1.807, 2.05) is 0 Å². The number of hydrogen-bond donors (Lipinski definition) is 4. The van der Waals surface area contributed by atoms with Gasteiger partial charge in [0.1, 0.15) is 0 Å². The normalized spacial score (nSPS) is 9.15. The molecule has 2 aromatic rings. The van der Waals surface area contributed by atoms with Crippen molar-refractivity contribution in [2.24, 2.45) is 11.5 Å². The summed E-state index contributed by atoms with van der Waals surface area (Å²) in [5.41, 5.74) is 11.2. The maximum atomic E-state index is 10.2. The third-order valence-corrected chi connectivity index (χ3v) is 3.20. The van der Waals surface area contributed by atoms with Gasteiger partial charge in [-0.3, -0.25) is 0 Å². The molecule has 0 saturated carbocycles. The van der Waals surface area contributed by atoms with E-state index < -0.39 is 11.9 Å². The van der Waals surface area contributed by atoms with Crippen molar-refractivity contribution in [3.63, 3.8) is 0 Å². The molecule has 26 heavy (non-hydrogen) atoms. The Hall–Kier alpha value is -2.70. The molecule has 2 aromatic carbocycles. The number of carbonyl (C=O) groups is 2. The maximum absolute atomic E-state index is 10.2. The predicted octanol–water partition coefficient (Wildman–Crippen LogP) is 3.23. The molecule has 0 aliphatic heterocycles. The molecule has 6 N–H and O–H groups in total. The molecule has 6 nitrogen and oxygen atoms in total. The van der Waals surface area contributed by atoms with E-state index >= 15 is 0 Å². The standard InChI is InChI=1S/2C7H6O2.C6H16N2/c2*8-7(9)6-4-2-1-3-5-6;7-5-3-1-2-4-6-8/h2*1-5H,(H,8,9);1-8H2. The second-order valence-electron chi connectivity index (χ2n) is 5.33. The highest BCUT2D eigenvalue weighted by molar-refractivity contribution is 5.87. The molecule has 0 aliphatic carbocycles. The van der Waals surface area contributed by atoms with Crippen LogP contribution in [0.5, 0.6) is 0 Å². The van der Waals surface area contributed by atoms with Crippen LogP contribution in [0.4, 0.5) is 0 Å². The van der Waals surface area contributed by atoms with Crippen molar-refractivity contribution in [2.45, 2.75) is 25.7 Å². The summed E-state index contributed by atoms with van der Waals surface area (Å²) in [7, 11) is 0. The van der Waals surface area contributed by atoms with E-state index in [-0.39, 0.29) is 0 Å². The van der Waals surface area contributed by atoms with Crippen LogP contribution in [-0.2, 0) is 0 Å². The minimum Gasteiger partial charge on any atom is -0.478 e. The van der Waals surface area contributed by atoms with Crippen LogP contribution < -0.4 is 11.5 Å². The molecule has 0 radical (unpaired) electrons. The van der Waals surface area contributed by atoms with Crippen LogP contribution in [0.3, 0.4) is 0 Å². The summed E-state index contributed by atoms with van der Waals surface area (Å²) >= 11 is 0. The summed E-state index contributed by atoms with van der Waals surface area (Å²) in [5.74, 6) is -1.76. The van der Waals surface area contributed by atoms with E-state index in [2.05, 4.69) is 0 Å². The molecule has 0 unspecified atom stereocenters. The van der Waals surface area contributed by atoms with Crippen molar-refractivity contribution in [1.29, 1.82) is 0 Å². The summed E-state index contributed by atoms with van der Waals surface area (Å²) in [6.07, 6.45) is 4.79. The Bertz CT molecular complexity index is 548. The fourth-order valence-electron chi connectivity index (χ4n) is 1.80. The number of hydrogen-bond acceptors (Lipinski definition) is 4. The second-order valence-corrected chi connectivity index (χ2v) is 5.33. The van der Waals surface area contributed by atoms with Crippen LogP contribution >= 0.6 is 0 Å². The molecule has 0 fully saturated rings. The highest BCUT2D eigenvalue weighted by Gasteiger charge is 1.97. The van der Waals surface area contributed by atoms with E-state index in [1.54, 1.807) is 60.7 Å². The quantitative estimate of drug-likeness (QED) is 0.561. The zero-order chi connectivity index (χ0) is 19.6. The third-order valence-electron chi connectivity index (χ3n) is 3.20. The average molecular weight is 360 g/mol. The minimum atomic E-state index is -0.879. The van der Waals surface area contributed by atoms with Crippen LogP contribution in [0.15, 0.2) is 60.7 Å². The van der Waals surface area contributed by atoms with Crippen molar-refractivity contribution in [3.05, 3.63) is 71.8 Å². The van der Waals surface area contributed by atoms with E-state index in [0.717, 1.165) is 25.9 Å². The van der Waals surface area contributed by atoms with Gasteiger partial charge in [0.05, 0.1) is 11.1 Å². The molecule has 0 saturated heterocycles. The second kappa shape index (κ2) is 15.8. The number of benzene rings is 2. The summed E-state index contributed by atoms with van der Waals surface area (Å²) in [4.78, 5) is 20.4. The number of carboxylic acid groups (broad SMARTS) is 2. The first-order valence-electron chi connectivity index (χ1n) is 8.49. The lowest BCUT2D eigenvalue weighted by Crippen LogP contribution is -2.00. The van der Waals surface area contributed by atoms with Crippen molar-refractivity contribution >= 4 is 11.9 Å². The smallest absolute Gasteiger partial charge is 0.335 e. The van der Waals surface area contributed by atoms with Crippen molar-refractivity contribution in [1.82, 2.24) is 0 Å². The summed E-state index contributed by atoms with van der Waals surface area (Å²) in [5, 5.41) is 16.8. The van der Waals surface area contributed by atoms with Gasteiger partial charge < -0.3 is 21.7 Å². The van der Waals surface area contributed by atoms with Crippen LogP contribution in [-0.4, -0.2) is 35.2 Å². The molecule has 0 atom stereocenters. The van der Waals surface area contributed by atoms with Crippen molar-refractivity contribution in [3.8, 4) is 0 Å². The molecule has 6 heteroatoms. The van der Waals surface area contributed by atoms with Crippen molar-refractivity contribution in [2.75, 3.05) is 13.1 Å². The van der Waals surface area contributed by atoms with Crippen molar-refractivity contribution < 1.29 is 19.8 Å². The highest BCUT2D eigenvalue weighted by atomic mass is 16.4. The maximum Gasteiger partial charge on any atom is 0.335 e. The average Bonchev–Trinajstić information content (AvgIpc) is 2.68. The lowest BCUT2D eigenvalue weighted by molar-refractivity contribution is 0.0686. The lowest BCUT2D eigenvalue weighted by Gasteiger charge is -1.94. The predicted molar refractivity (Wildman–Crippen MR) is 103 cm³/mol. The monoisotopic (exact) mass is 360 g/mol. The topological polar surface area (TPSA) is 127 Å². The fourth-order valence-corrected chi connectivity index (χ4v) is 1.80. The molecule has 0 heterocycles. The number of rotatable bonds is 7. The first-order valence-corrected chi connectivity index (χ1v) is 8.49. The van der Waals surface area contributed by atoms with Crippen LogP contribution in [0.1, 0.15) is 46.4 Å². The van der Waals surface area contributed by atoms with Gasteiger partial charge in [0.25, 0.3) is 0 Å². The molecule has 142 valence electrons. The Morgan fingerprint density at radius 2 is 0.923 bits per heavy atom. The van der Waals surface area contributed by atoms with Gasteiger partial charge in [-0.15, -0.1) is 0 Å². The molecular formula is C20H28N2O4. The first kappa shape index (κ1) is 23.3. The number of carboxylic acids is 2. The Balaban J connectivity index is 0.000000362. The molecule has 0 spiro atoms. The van der Waals surface area contributed by atoms with E-state index in [1.165, 1.54) is 12.8 Å². The lowest BCUT2D eigenvalue weighted by atomic mass is 10.2. The molecule has 0 bridgehead atoms. The zero-order valence-corrected chi connectivity index (χ0v) is 14.9. The Kier molecular flexibility index (Phi) is 14.2. The molecule has 0 amide bonds. The summed E-state index contributed by atoms with van der Waals surface area (Å²) in [6.45, 7) is 1.65. The van der Waals surface area contributed by atoms with Crippen LogP contribution in [0.25, 0.3) is 0 Å². The van der Waals surface area contributed by atoms with Crippen LogP contribution in [0, 0.1) is 0 Å². The van der Waals surface area contributed by atoms with Gasteiger partial charge in [-0.05, 0) is 50.2 Å². The first-order chi connectivity index (χ1) is 12.5. The van der Waals surface area contributed by atoms with Gasteiger partial charge in [0, 0.05) is 0 Å². The van der Waals surface area contributed by atoms with Gasteiger partial charge in [-0.1, -0.05) is 49.2 Å². The van der Waals surface area contributed by atoms with Gasteiger partial charge in [0.15, 0.2) is 0 Å². The number of nitrogens with two attached hydrogens (primary N) is 2. The fraction of sp³-hybridized carbons (Fsp3) is 0.300. The van der Waals surface area contributed by atoms with Gasteiger partial charge >= 0.3 is 11.9 Å². The number of aromatic carboxylic acids is 2.